The summed E-state index contributed by atoms with van der Waals surface area (Å²) < 4.78 is 0. The zero-order chi connectivity index (χ0) is 13.8. The molecule has 0 saturated heterocycles. The second-order valence-corrected chi connectivity index (χ2v) is 4.72. The number of oxime groups is 1. The van der Waals surface area contributed by atoms with Crippen LogP contribution in [0.2, 0.25) is 0 Å². The first-order chi connectivity index (χ1) is 9.10. The molecule has 0 bridgehead atoms. The topological polar surface area (TPSA) is 50.7 Å². The fourth-order valence-electron chi connectivity index (χ4n) is 1.92. The van der Waals surface area contributed by atoms with E-state index in [4.69, 9.17) is 4.84 Å². The van der Waals surface area contributed by atoms with Crippen LogP contribution in [0.1, 0.15) is 23.1 Å². The molecule has 1 unspecified atom stereocenters. The van der Waals surface area contributed by atoms with Gasteiger partial charge in [0.05, 0.1) is 12.3 Å². The molecule has 1 N–H and O–H groups in total. The van der Waals surface area contributed by atoms with Crippen molar-refractivity contribution < 1.29 is 9.63 Å². The molecule has 4 heteroatoms. The molecule has 0 fully saturated rings. The van der Waals surface area contributed by atoms with Gasteiger partial charge in [0, 0.05) is 6.42 Å². The Labute approximate surface area is 113 Å². The minimum absolute atomic E-state index is 0.0968. The SMILES string of the molecule is C=CC(=O)NCC1CC(c2ccc(C)c(C)c2)=NO1. The van der Waals surface area contributed by atoms with E-state index in [1.54, 1.807) is 0 Å². The Hall–Kier alpha value is -2.10. The molecule has 100 valence electrons. The number of hydrogen-bond acceptors (Lipinski definition) is 3. The molecule has 0 spiro atoms. The number of carbonyl (C=O) groups is 1. The van der Waals surface area contributed by atoms with Crippen LogP contribution in [0.3, 0.4) is 0 Å². The first-order valence-electron chi connectivity index (χ1n) is 6.30. The van der Waals surface area contributed by atoms with Gasteiger partial charge < -0.3 is 10.2 Å². The van der Waals surface area contributed by atoms with Gasteiger partial charge in [-0.15, -0.1) is 0 Å². The number of carbonyl (C=O) groups excluding carboxylic acids is 1. The van der Waals surface area contributed by atoms with Crippen molar-refractivity contribution in [1.29, 1.82) is 0 Å². The summed E-state index contributed by atoms with van der Waals surface area (Å²) in [4.78, 5) is 16.4. The normalized spacial score (nSPS) is 17.6. The lowest BCUT2D eigenvalue weighted by Crippen LogP contribution is -2.30. The van der Waals surface area contributed by atoms with Crippen molar-refractivity contribution >= 4 is 11.6 Å². The molecule has 1 aromatic rings. The lowest BCUT2D eigenvalue weighted by Gasteiger charge is -2.08. The van der Waals surface area contributed by atoms with E-state index < -0.39 is 0 Å². The van der Waals surface area contributed by atoms with E-state index in [-0.39, 0.29) is 12.0 Å². The van der Waals surface area contributed by atoms with Crippen molar-refractivity contribution in [3.63, 3.8) is 0 Å². The lowest BCUT2D eigenvalue weighted by atomic mass is 10.0. The second kappa shape index (κ2) is 5.69. The number of benzene rings is 1. The van der Waals surface area contributed by atoms with E-state index in [0.717, 1.165) is 11.3 Å². The van der Waals surface area contributed by atoms with Gasteiger partial charge in [-0.05, 0) is 42.7 Å². The molecule has 0 aromatic heterocycles. The summed E-state index contributed by atoms with van der Waals surface area (Å²) in [5, 5.41) is 6.81. The van der Waals surface area contributed by atoms with Gasteiger partial charge >= 0.3 is 0 Å². The Morgan fingerprint density at radius 3 is 3.00 bits per heavy atom. The van der Waals surface area contributed by atoms with E-state index in [9.17, 15) is 4.79 Å². The fourth-order valence-corrected chi connectivity index (χ4v) is 1.92. The molecule has 19 heavy (non-hydrogen) atoms. The Bertz CT molecular complexity index is 535. The van der Waals surface area contributed by atoms with E-state index in [2.05, 4.69) is 49.1 Å². The molecule has 4 nitrogen and oxygen atoms in total. The van der Waals surface area contributed by atoms with Crippen LogP contribution in [-0.2, 0) is 9.63 Å². The largest absolute Gasteiger partial charge is 0.390 e. The monoisotopic (exact) mass is 258 g/mol. The molecule has 2 rings (SSSR count). The third kappa shape index (κ3) is 3.22. The summed E-state index contributed by atoms with van der Waals surface area (Å²) in [5.41, 5.74) is 4.52. The number of hydrogen-bond donors (Lipinski definition) is 1. The van der Waals surface area contributed by atoms with Crippen molar-refractivity contribution in [2.24, 2.45) is 5.16 Å². The van der Waals surface area contributed by atoms with E-state index >= 15 is 0 Å². The maximum atomic E-state index is 11.1. The van der Waals surface area contributed by atoms with E-state index in [0.29, 0.717) is 13.0 Å². The van der Waals surface area contributed by atoms with Gasteiger partial charge in [-0.3, -0.25) is 4.79 Å². The maximum absolute atomic E-state index is 11.1. The predicted octanol–water partition coefficient (Wildman–Crippen LogP) is 2.10. The number of rotatable bonds is 4. The lowest BCUT2D eigenvalue weighted by molar-refractivity contribution is -0.117. The molecule has 0 saturated carbocycles. The minimum Gasteiger partial charge on any atom is -0.390 e. The summed E-state index contributed by atoms with van der Waals surface area (Å²) >= 11 is 0. The number of amides is 1. The van der Waals surface area contributed by atoms with Crippen LogP contribution in [0.25, 0.3) is 0 Å². The van der Waals surface area contributed by atoms with Gasteiger partial charge in [0.15, 0.2) is 0 Å². The van der Waals surface area contributed by atoms with Crippen LogP contribution in [0.5, 0.6) is 0 Å². The molecular formula is C15H18N2O2. The van der Waals surface area contributed by atoms with Crippen LogP contribution < -0.4 is 5.32 Å². The summed E-state index contributed by atoms with van der Waals surface area (Å²) in [6, 6.07) is 6.25. The van der Waals surface area contributed by atoms with Crippen molar-refractivity contribution in [2.75, 3.05) is 6.54 Å². The van der Waals surface area contributed by atoms with Crippen LogP contribution >= 0.6 is 0 Å². The molecule has 1 aliphatic heterocycles. The number of nitrogens with one attached hydrogen (secondary N) is 1. The third-order valence-electron chi connectivity index (χ3n) is 3.26. The van der Waals surface area contributed by atoms with Crippen molar-refractivity contribution in [3.8, 4) is 0 Å². The summed E-state index contributed by atoms with van der Waals surface area (Å²) in [6.45, 7) is 8.02. The van der Waals surface area contributed by atoms with Gasteiger partial charge in [0.1, 0.15) is 6.10 Å². The zero-order valence-corrected chi connectivity index (χ0v) is 11.3. The van der Waals surface area contributed by atoms with Crippen LogP contribution in [0.15, 0.2) is 36.0 Å². The van der Waals surface area contributed by atoms with Crippen LogP contribution in [-0.4, -0.2) is 24.3 Å². The van der Waals surface area contributed by atoms with Gasteiger partial charge in [-0.1, -0.05) is 23.9 Å². The Morgan fingerprint density at radius 1 is 1.53 bits per heavy atom. The second-order valence-electron chi connectivity index (χ2n) is 4.72. The third-order valence-corrected chi connectivity index (χ3v) is 3.26. The number of aryl methyl sites for hydroxylation is 2. The fraction of sp³-hybridized carbons (Fsp3) is 0.333. The Balaban J connectivity index is 1.95. The van der Waals surface area contributed by atoms with Crippen molar-refractivity contribution in [2.45, 2.75) is 26.4 Å². The van der Waals surface area contributed by atoms with Crippen molar-refractivity contribution in [3.05, 3.63) is 47.5 Å². The highest BCUT2D eigenvalue weighted by Crippen LogP contribution is 2.18. The van der Waals surface area contributed by atoms with Gasteiger partial charge in [-0.25, -0.2) is 0 Å². The van der Waals surface area contributed by atoms with Crippen molar-refractivity contribution in [1.82, 2.24) is 5.32 Å². The van der Waals surface area contributed by atoms with E-state index in [1.807, 2.05) is 0 Å². The summed E-state index contributed by atoms with van der Waals surface area (Å²) in [5.74, 6) is -0.191. The molecule has 1 atom stereocenters. The average Bonchev–Trinajstić information content (AvgIpc) is 2.88. The smallest absolute Gasteiger partial charge is 0.243 e. The molecule has 1 amide bonds. The summed E-state index contributed by atoms with van der Waals surface area (Å²) in [6.07, 6.45) is 1.86. The molecule has 0 radical (unpaired) electrons. The molecule has 1 aliphatic rings. The molecule has 1 heterocycles. The van der Waals surface area contributed by atoms with Gasteiger partial charge in [-0.2, -0.15) is 0 Å². The predicted molar refractivity (Wildman–Crippen MR) is 75.1 cm³/mol. The highest BCUT2D eigenvalue weighted by molar-refractivity contribution is 6.01. The standard InChI is InChI=1S/C15H18N2O2/c1-4-15(18)16-9-13-8-14(17-19-13)12-6-5-10(2)11(3)7-12/h4-7,13H,1,8-9H2,2-3H3,(H,16,18). The highest BCUT2D eigenvalue weighted by atomic mass is 16.6. The molecule has 1 aromatic carbocycles. The minimum atomic E-state index is -0.191. The average molecular weight is 258 g/mol. The first-order valence-corrected chi connectivity index (χ1v) is 6.30. The quantitative estimate of drug-likeness (QED) is 0.841. The summed E-state index contributed by atoms with van der Waals surface area (Å²) in [7, 11) is 0. The Kier molecular flexibility index (Phi) is 4.00. The van der Waals surface area contributed by atoms with Crippen LogP contribution in [0, 0.1) is 13.8 Å². The van der Waals surface area contributed by atoms with Crippen LogP contribution in [0.4, 0.5) is 0 Å². The van der Waals surface area contributed by atoms with Gasteiger partial charge in [0.25, 0.3) is 0 Å². The number of nitrogens with zero attached hydrogens (tertiary/aromatic N) is 1. The molecular weight excluding hydrogens is 240 g/mol. The highest BCUT2D eigenvalue weighted by Gasteiger charge is 2.22. The Morgan fingerprint density at radius 2 is 2.32 bits per heavy atom. The van der Waals surface area contributed by atoms with E-state index in [1.165, 1.54) is 17.2 Å². The first kappa shape index (κ1) is 13.3. The van der Waals surface area contributed by atoms with Gasteiger partial charge in [0.2, 0.25) is 5.91 Å². The molecule has 0 aliphatic carbocycles. The maximum Gasteiger partial charge on any atom is 0.243 e. The zero-order valence-electron chi connectivity index (χ0n) is 11.3.